The Morgan fingerprint density at radius 1 is 1.38 bits per heavy atom. The lowest BCUT2D eigenvalue weighted by Gasteiger charge is -2.10. The molecule has 0 amide bonds. The van der Waals surface area contributed by atoms with Crippen LogP contribution in [-0.4, -0.2) is 15.6 Å². The Morgan fingerprint density at radius 2 is 2.10 bits per heavy atom. The highest BCUT2D eigenvalue weighted by Crippen LogP contribution is 2.24. The third kappa shape index (κ3) is 3.52. The Hall–Kier alpha value is -2.09. The number of rotatable bonds is 4. The Balaban J connectivity index is 2.35. The summed E-state index contributed by atoms with van der Waals surface area (Å²) >= 11 is 3.07. The maximum atomic E-state index is 13.6. The van der Waals surface area contributed by atoms with E-state index < -0.39 is 17.2 Å². The van der Waals surface area contributed by atoms with Gasteiger partial charge >= 0.3 is 0 Å². The second-order valence-electron chi connectivity index (χ2n) is 4.29. The number of halogens is 3. The van der Waals surface area contributed by atoms with Crippen molar-refractivity contribution in [1.29, 1.82) is 0 Å². The fourth-order valence-electron chi connectivity index (χ4n) is 1.61. The number of anilines is 2. The minimum absolute atomic E-state index is 0.00242. The van der Waals surface area contributed by atoms with Crippen molar-refractivity contribution in [2.45, 2.75) is 13.5 Å². The van der Waals surface area contributed by atoms with E-state index in [1.54, 1.807) is 0 Å². The minimum atomic E-state index is -0.796. The molecule has 0 aliphatic rings. The molecule has 2 rings (SSSR count). The molecular weight excluding hydrogens is 348 g/mol. The third-order valence-corrected chi connectivity index (χ3v) is 3.32. The van der Waals surface area contributed by atoms with Gasteiger partial charge in [-0.3, -0.25) is 9.59 Å². The number of nitrogens with one attached hydrogen (secondary N) is 1. The lowest BCUT2D eigenvalue weighted by molar-refractivity contribution is -0.117. The Labute approximate surface area is 126 Å². The van der Waals surface area contributed by atoms with Crippen LogP contribution in [0.2, 0.25) is 0 Å². The first-order chi connectivity index (χ1) is 9.88. The summed E-state index contributed by atoms with van der Waals surface area (Å²) in [6.45, 7) is 1.19. The summed E-state index contributed by atoms with van der Waals surface area (Å²) in [6, 6.07) is 3.02. The number of nitrogens with zero attached hydrogens (tertiary/aromatic N) is 2. The van der Waals surface area contributed by atoms with E-state index in [1.807, 2.05) is 0 Å². The van der Waals surface area contributed by atoms with E-state index in [1.165, 1.54) is 19.2 Å². The van der Waals surface area contributed by atoms with E-state index >= 15 is 0 Å². The van der Waals surface area contributed by atoms with Gasteiger partial charge in [0.15, 0.2) is 5.78 Å². The van der Waals surface area contributed by atoms with Crippen LogP contribution in [0.3, 0.4) is 0 Å². The van der Waals surface area contributed by atoms with Crippen LogP contribution in [0.25, 0.3) is 0 Å². The second-order valence-corrected chi connectivity index (χ2v) is 5.08. The average Bonchev–Trinajstić information content (AvgIpc) is 2.40. The van der Waals surface area contributed by atoms with Gasteiger partial charge in [0.2, 0.25) is 0 Å². The van der Waals surface area contributed by atoms with E-state index in [0.29, 0.717) is 0 Å². The van der Waals surface area contributed by atoms with Crippen LogP contribution in [0.15, 0.2) is 33.7 Å². The molecule has 0 unspecified atom stereocenters. The van der Waals surface area contributed by atoms with Crippen LogP contribution in [0.5, 0.6) is 0 Å². The molecule has 0 spiro atoms. The summed E-state index contributed by atoms with van der Waals surface area (Å²) in [4.78, 5) is 23.0. The summed E-state index contributed by atoms with van der Waals surface area (Å²) in [5, 5.41) is 6.46. The molecule has 8 heteroatoms. The summed E-state index contributed by atoms with van der Waals surface area (Å²) < 4.78 is 27.5. The summed E-state index contributed by atoms with van der Waals surface area (Å²) in [6.07, 6.45) is 1.28. The zero-order chi connectivity index (χ0) is 15.6. The monoisotopic (exact) mass is 357 g/mol. The third-order valence-electron chi connectivity index (χ3n) is 2.56. The fourth-order valence-corrected chi connectivity index (χ4v) is 2.02. The normalized spacial score (nSPS) is 10.5. The Morgan fingerprint density at radius 3 is 2.71 bits per heavy atom. The molecule has 0 saturated carbocycles. The van der Waals surface area contributed by atoms with Gasteiger partial charge in [0.1, 0.15) is 22.7 Å². The van der Waals surface area contributed by atoms with E-state index in [-0.39, 0.29) is 28.2 Å². The lowest BCUT2D eigenvalue weighted by atomic mass is 10.3. The average molecular weight is 358 g/mol. The molecule has 21 heavy (non-hydrogen) atoms. The van der Waals surface area contributed by atoms with Crippen molar-refractivity contribution in [3.63, 3.8) is 0 Å². The predicted molar refractivity (Wildman–Crippen MR) is 76.5 cm³/mol. The van der Waals surface area contributed by atoms with Crippen molar-refractivity contribution >= 4 is 33.1 Å². The quantitative estimate of drug-likeness (QED) is 0.913. The zero-order valence-corrected chi connectivity index (χ0v) is 12.4. The van der Waals surface area contributed by atoms with E-state index in [2.05, 4.69) is 26.3 Å². The molecule has 1 aromatic heterocycles. The van der Waals surface area contributed by atoms with Gasteiger partial charge in [-0.1, -0.05) is 0 Å². The molecule has 1 heterocycles. The highest BCUT2D eigenvalue weighted by Gasteiger charge is 2.12. The molecule has 0 radical (unpaired) electrons. The van der Waals surface area contributed by atoms with Crippen LogP contribution in [0.4, 0.5) is 20.2 Å². The molecule has 5 nitrogen and oxygen atoms in total. The molecule has 2 aromatic rings. The van der Waals surface area contributed by atoms with Crippen LogP contribution < -0.4 is 10.9 Å². The van der Waals surface area contributed by atoms with Gasteiger partial charge < -0.3 is 5.32 Å². The van der Waals surface area contributed by atoms with Crippen LogP contribution in [0, 0.1) is 11.6 Å². The first-order valence-corrected chi connectivity index (χ1v) is 6.65. The fraction of sp³-hybridized carbons (Fsp3) is 0.154. The second kappa shape index (κ2) is 6.13. The highest BCUT2D eigenvalue weighted by molar-refractivity contribution is 9.10. The maximum Gasteiger partial charge on any atom is 0.283 e. The maximum absolute atomic E-state index is 13.6. The Bertz CT molecular complexity index is 762. The van der Waals surface area contributed by atoms with Crippen molar-refractivity contribution in [3.05, 3.63) is 50.9 Å². The summed E-state index contributed by atoms with van der Waals surface area (Å²) in [5.74, 6) is -1.72. The molecular formula is C13H10BrF2N3O2. The van der Waals surface area contributed by atoms with Crippen LogP contribution >= 0.6 is 15.9 Å². The minimum Gasteiger partial charge on any atom is -0.351 e. The molecule has 0 bridgehead atoms. The number of hydrogen-bond donors (Lipinski definition) is 1. The molecule has 110 valence electrons. The van der Waals surface area contributed by atoms with Gasteiger partial charge in [-0.25, -0.2) is 13.5 Å². The van der Waals surface area contributed by atoms with Gasteiger partial charge in [-0.2, -0.15) is 5.10 Å². The van der Waals surface area contributed by atoms with Crippen molar-refractivity contribution < 1.29 is 13.6 Å². The number of hydrogen-bond acceptors (Lipinski definition) is 4. The summed E-state index contributed by atoms with van der Waals surface area (Å²) in [7, 11) is 0. The molecule has 1 aromatic carbocycles. The molecule has 0 aliphatic carbocycles. The van der Waals surface area contributed by atoms with Gasteiger partial charge in [0, 0.05) is 6.07 Å². The number of carbonyl (C=O) groups is 1. The molecule has 0 atom stereocenters. The van der Waals surface area contributed by atoms with Crippen molar-refractivity contribution in [1.82, 2.24) is 9.78 Å². The smallest absolute Gasteiger partial charge is 0.283 e. The number of aromatic nitrogens is 2. The molecule has 0 fully saturated rings. The van der Waals surface area contributed by atoms with Crippen LogP contribution in [-0.2, 0) is 11.3 Å². The van der Waals surface area contributed by atoms with Gasteiger partial charge in [-0.15, -0.1) is 0 Å². The largest absolute Gasteiger partial charge is 0.351 e. The summed E-state index contributed by atoms with van der Waals surface area (Å²) in [5.41, 5.74) is -0.314. The topological polar surface area (TPSA) is 64.0 Å². The van der Waals surface area contributed by atoms with E-state index in [0.717, 1.165) is 16.8 Å². The van der Waals surface area contributed by atoms with Crippen LogP contribution in [0.1, 0.15) is 6.92 Å². The van der Waals surface area contributed by atoms with E-state index in [4.69, 9.17) is 0 Å². The van der Waals surface area contributed by atoms with Crippen molar-refractivity contribution in [2.75, 3.05) is 5.32 Å². The SMILES string of the molecule is CC(=O)Cn1ncc(Nc2ccc(F)cc2F)c(Br)c1=O. The van der Waals surface area contributed by atoms with E-state index in [9.17, 15) is 18.4 Å². The van der Waals surface area contributed by atoms with Crippen molar-refractivity contribution in [3.8, 4) is 0 Å². The molecule has 0 saturated heterocycles. The van der Waals surface area contributed by atoms with Gasteiger partial charge in [-0.05, 0) is 35.0 Å². The van der Waals surface area contributed by atoms with Crippen molar-refractivity contribution in [2.24, 2.45) is 0 Å². The zero-order valence-electron chi connectivity index (χ0n) is 10.9. The standard InChI is InChI=1S/C13H10BrF2N3O2/c1-7(20)6-19-13(21)12(14)11(5-17-19)18-10-3-2-8(15)4-9(10)16/h2-5,18H,6H2,1H3. The van der Waals surface area contributed by atoms with Gasteiger partial charge in [0.05, 0.1) is 17.6 Å². The lowest BCUT2D eigenvalue weighted by Crippen LogP contribution is -2.26. The van der Waals surface area contributed by atoms with Gasteiger partial charge in [0.25, 0.3) is 5.56 Å². The first kappa shape index (κ1) is 15.3. The number of ketones is 1. The molecule has 0 aliphatic heterocycles. The number of benzene rings is 1. The molecule has 1 N–H and O–H groups in total. The number of Topliss-reactive ketones (excluding diaryl/α,β-unsaturated/α-hetero) is 1. The Kier molecular flexibility index (Phi) is 4.46. The highest BCUT2D eigenvalue weighted by atomic mass is 79.9. The first-order valence-electron chi connectivity index (χ1n) is 5.85. The number of carbonyl (C=O) groups excluding carboxylic acids is 1. The predicted octanol–water partition coefficient (Wildman–Crippen LogP) is 2.62.